The first-order valence-electron chi connectivity index (χ1n) is 5.30. The number of rotatable bonds is 7. The van der Waals surface area contributed by atoms with Crippen molar-refractivity contribution in [1.82, 2.24) is 5.32 Å². The Labute approximate surface area is 105 Å². The fraction of sp³-hybridized carbons (Fsp3) is 0.500. The summed E-state index contributed by atoms with van der Waals surface area (Å²) < 4.78 is 11.3. The van der Waals surface area contributed by atoms with Crippen molar-refractivity contribution in [2.75, 3.05) is 27.4 Å². The minimum absolute atomic E-state index is 0.796. The van der Waals surface area contributed by atoms with Gasteiger partial charge in [-0.05, 0) is 25.1 Å². The Hall–Kier alpha value is -0.580. The van der Waals surface area contributed by atoms with Gasteiger partial charge in [0, 0.05) is 30.3 Å². The Balaban J connectivity index is 2.41. The maximum absolute atomic E-state index is 5.31. The van der Waals surface area contributed by atoms with Crippen LogP contribution in [-0.2, 0) is 11.3 Å². The van der Waals surface area contributed by atoms with Gasteiger partial charge < -0.3 is 14.8 Å². The van der Waals surface area contributed by atoms with E-state index in [-0.39, 0.29) is 0 Å². The molecule has 0 heterocycles. The molecule has 3 nitrogen and oxygen atoms in total. The van der Waals surface area contributed by atoms with Crippen molar-refractivity contribution < 1.29 is 9.47 Å². The molecule has 0 atom stereocenters. The highest BCUT2D eigenvalue weighted by Crippen LogP contribution is 2.23. The number of halogens is 1. The van der Waals surface area contributed by atoms with Crippen LogP contribution in [0.1, 0.15) is 12.0 Å². The molecular weight excluding hydrogens is 270 g/mol. The Morgan fingerprint density at radius 3 is 2.81 bits per heavy atom. The first-order chi connectivity index (χ1) is 7.77. The van der Waals surface area contributed by atoms with E-state index in [0.717, 1.165) is 36.3 Å². The molecule has 0 amide bonds. The predicted octanol–water partition coefficient (Wildman–Crippen LogP) is 2.58. The van der Waals surface area contributed by atoms with Gasteiger partial charge in [0.2, 0.25) is 0 Å². The van der Waals surface area contributed by atoms with Gasteiger partial charge in [-0.3, -0.25) is 0 Å². The second-order valence-electron chi connectivity index (χ2n) is 3.48. The first-order valence-corrected chi connectivity index (χ1v) is 6.09. The van der Waals surface area contributed by atoms with E-state index in [4.69, 9.17) is 9.47 Å². The van der Waals surface area contributed by atoms with Crippen LogP contribution in [0.15, 0.2) is 22.7 Å². The first kappa shape index (κ1) is 13.5. The van der Waals surface area contributed by atoms with Gasteiger partial charge in [0.15, 0.2) is 0 Å². The van der Waals surface area contributed by atoms with E-state index < -0.39 is 0 Å². The summed E-state index contributed by atoms with van der Waals surface area (Å²) in [6, 6.07) is 6.06. The van der Waals surface area contributed by atoms with E-state index in [1.165, 1.54) is 5.56 Å². The number of benzene rings is 1. The van der Waals surface area contributed by atoms with Crippen LogP contribution < -0.4 is 10.1 Å². The molecule has 0 radical (unpaired) electrons. The van der Waals surface area contributed by atoms with Crippen molar-refractivity contribution in [2.24, 2.45) is 0 Å². The summed E-state index contributed by atoms with van der Waals surface area (Å²) in [5, 5.41) is 3.36. The maximum Gasteiger partial charge on any atom is 0.124 e. The lowest BCUT2D eigenvalue weighted by Crippen LogP contribution is -2.16. The van der Waals surface area contributed by atoms with Gasteiger partial charge in [0.05, 0.1) is 7.11 Å². The summed E-state index contributed by atoms with van der Waals surface area (Å²) in [5.74, 6) is 0.911. The molecule has 0 aliphatic rings. The molecule has 4 heteroatoms. The molecule has 90 valence electrons. The monoisotopic (exact) mass is 287 g/mol. The van der Waals surface area contributed by atoms with Crippen LogP contribution in [0.5, 0.6) is 5.75 Å². The van der Waals surface area contributed by atoms with Gasteiger partial charge in [-0.1, -0.05) is 22.0 Å². The number of hydrogen-bond acceptors (Lipinski definition) is 3. The Kier molecular flexibility index (Phi) is 6.45. The zero-order valence-corrected chi connectivity index (χ0v) is 11.3. The van der Waals surface area contributed by atoms with Crippen LogP contribution in [0.3, 0.4) is 0 Å². The SMILES string of the molecule is COCCCNCc1ccc(Br)cc1OC. The lowest BCUT2D eigenvalue weighted by Gasteiger charge is -2.10. The summed E-state index contributed by atoms with van der Waals surface area (Å²) in [4.78, 5) is 0. The molecule has 16 heavy (non-hydrogen) atoms. The highest BCUT2D eigenvalue weighted by Gasteiger charge is 2.02. The molecule has 0 spiro atoms. The summed E-state index contributed by atoms with van der Waals surface area (Å²) in [7, 11) is 3.41. The molecule has 1 rings (SSSR count). The summed E-state index contributed by atoms with van der Waals surface area (Å²) in [6.45, 7) is 2.57. The maximum atomic E-state index is 5.31. The summed E-state index contributed by atoms with van der Waals surface area (Å²) >= 11 is 3.42. The smallest absolute Gasteiger partial charge is 0.124 e. The zero-order chi connectivity index (χ0) is 11.8. The number of hydrogen-bond donors (Lipinski definition) is 1. The average Bonchev–Trinajstić information content (AvgIpc) is 2.30. The standard InChI is InChI=1S/C12H18BrNO2/c1-15-7-3-6-14-9-10-4-5-11(13)8-12(10)16-2/h4-5,8,14H,3,6-7,9H2,1-2H3. The third-order valence-corrected chi connectivity index (χ3v) is 2.76. The van der Waals surface area contributed by atoms with Crippen LogP contribution >= 0.6 is 15.9 Å². The van der Waals surface area contributed by atoms with Gasteiger partial charge in [-0.15, -0.1) is 0 Å². The van der Waals surface area contributed by atoms with Crippen LogP contribution in [0, 0.1) is 0 Å². The lowest BCUT2D eigenvalue weighted by atomic mass is 10.2. The van der Waals surface area contributed by atoms with Crippen molar-refractivity contribution in [1.29, 1.82) is 0 Å². The Morgan fingerprint density at radius 1 is 1.31 bits per heavy atom. The molecule has 0 bridgehead atoms. The fourth-order valence-electron chi connectivity index (χ4n) is 1.43. The predicted molar refractivity (Wildman–Crippen MR) is 68.9 cm³/mol. The molecule has 1 aromatic carbocycles. The summed E-state index contributed by atoms with van der Waals surface area (Å²) in [5.41, 5.74) is 1.17. The molecule has 0 aliphatic heterocycles. The highest BCUT2D eigenvalue weighted by molar-refractivity contribution is 9.10. The van der Waals surface area contributed by atoms with Crippen LogP contribution in [-0.4, -0.2) is 27.4 Å². The number of methoxy groups -OCH3 is 2. The highest BCUT2D eigenvalue weighted by atomic mass is 79.9. The van der Waals surface area contributed by atoms with Crippen molar-refractivity contribution in [3.05, 3.63) is 28.2 Å². The Morgan fingerprint density at radius 2 is 2.12 bits per heavy atom. The van der Waals surface area contributed by atoms with Gasteiger partial charge in [0.25, 0.3) is 0 Å². The minimum atomic E-state index is 0.796. The number of ether oxygens (including phenoxy) is 2. The van der Waals surface area contributed by atoms with E-state index in [2.05, 4.69) is 27.3 Å². The Bertz CT molecular complexity index is 318. The summed E-state index contributed by atoms with van der Waals surface area (Å²) in [6.07, 6.45) is 1.02. The third-order valence-electron chi connectivity index (χ3n) is 2.27. The second-order valence-corrected chi connectivity index (χ2v) is 4.39. The van der Waals surface area contributed by atoms with E-state index in [0.29, 0.717) is 0 Å². The van der Waals surface area contributed by atoms with Gasteiger partial charge in [-0.2, -0.15) is 0 Å². The topological polar surface area (TPSA) is 30.5 Å². The molecule has 0 fully saturated rings. The normalized spacial score (nSPS) is 10.4. The van der Waals surface area contributed by atoms with Crippen molar-refractivity contribution in [3.8, 4) is 5.75 Å². The third kappa shape index (κ3) is 4.51. The van der Waals surface area contributed by atoms with Crippen LogP contribution in [0.2, 0.25) is 0 Å². The minimum Gasteiger partial charge on any atom is -0.496 e. The van der Waals surface area contributed by atoms with E-state index in [1.54, 1.807) is 14.2 Å². The molecule has 1 N–H and O–H groups in total. The van der Waals surface area contributed by atoms with Gasteiger partial charge in [-0.25, -0.2) is 0 Å². The van der Waals surface area contributed by atoms with E-state index in [9.17, 15) is 0 Å². The van der Waals surface area contributed by atoms with Crippen LogP contribution in [0.4, 0.5) is 0 Å². The molecule has 0 aliphatic carbocycles. The van der Waals surface area contributed by atoms with E-state index in [1.807, 2.05) is 12.1 Å². The molecule has 0 unspecified atom stereocenters. The average molecular weight is 288 g/mol. The number of nitrogens with one attached hydrogen (secondary N) is 1. The molecule has 1 aromatic rings. The molecule has 0 saturated heterocycles. The van der Waals surface area contributed by atoms with Crippen LogP contribution in [0.25, 0.3) is 0 Å². The quantitative estimate of drug-likeness (QED) is 0.782. The molecule has 0 aromatic heterocycles. The van der Waals surface area contributed by atoms with Crippen molar-refractivity contribution >= 4 is 15.9 Å². The zero-order valence-electron chi connectivity index (χ0n) is 9.75. The van der Waals surface area contributed by atoms with Gasteiger partial charge >= 0.3 is 0 Å². The van der Waals surface area contributed by atoms with E-state index >= 15 is 0 Å². The lowest BCUT2D eigenvalue weighted by molar-refractivity contribution is 0.194. The largest absolute Gasteiger partial charge is 0.496 e. The molecule has 0 saturated carbocycles. The molecular formula is C12H18BrNO2. The fourth-order valence-corrected chi connectivity index (χ4v) is 1.77. The van der Waals surface area contributed by atoms with Crippen molar-refractivity contribution in [2.45, 2.75) is 13.0 Å². The second kappa shape index (κ2) is 7.65. The van der Waals surface area contributed by atoms with Gasteiger partial charge in [0.1, 0.15) is 5.75 Å². The van der Waals surface area contributed by atoms with Crippen molar-refractivity contribution in [3.63, 3.8) is 0 Å².